The molecule has 2 aliphatic heterocycles. The molecule has 4 rings (SSSR count). The van der Waals surface area contributed by atoms with E-state index >= 15 is 8.78 Å². The summed E-state index contributed by atoms with van der Waals surface area (Å²) < 4.78 is 60.9. The minimum absolute atomic E-state index is 0.372. The summed E-state index contributed by atoms with van der Waals surface area (Å²) in [5.74, 6) is -6.20. The van der Waals surface area contributed by atoms with Crippen molar-refractivity contribution in [1.82, 2.24) is 9.88 Å². The van der Waals surface area contributed by atoms with E-state index in [1.54, 1.807) is 11.6 Å². The van der Waals surface area contributed by atoms with Crippen molar-refractivity contribution in [3.05, 3.63) is 63.9 Å². The van der Waals surface area contributed by atoms with E-state index < -0.39 is 41.0 Å². The zero-order valence-corrected chi connectivity index (χ0v) is 16.0. The van der Waals surface area contributed by atoms with Gasteiger partial charge in [0, 0.05) is 34.3 Å². The molecule has 5 nitrogen and oxygen atoms in total. The Bertz CT molecular complexity index is 1010. The largest absolute Gasteiger partial charge is 0.377 e. The average Bonchev–Trinajstić information content (AvgIpc) is 3.07. The van der Waals surface area contributed by atoms with Crippen LogP contribution in [0.1, 0.15) is 18.2 Å². The zero-order chi connectivity index (χ0) is 20.3. The highest BCUT2D eigenvalue weighted by Gasteiger charge is 2.63. The summed E-state index contributed by atoms with van der Waals surface area (Å²) in [7, 11) is 0. The van der Waals surface area contributed by atoms with Gasteiger partial charge in [-0.05, 0) is 44.9 Å². The van der Waals surface area contributed by atoms with Crippen LogP contribution in [0.3, 0.4) is 0 Å². The zero-order valence-electron chi connectivity index (χ0n) is 14.5. The Hall–Kier alpha value is -2.33. The van der Waals surface area contributed by atoms with Crippen LogP contribution in [0.4, 0.5) is 17.6 Å². The number of hydrazone groups is 1. The van der Waals surface area contributed by atoms with Gasteiger partial charge in [0.15, 0.2) is 11.9 Å². The number of aromatic nitrogens is 1. The van der Waals surface area contributed by atoms with Gasteiger partial charge in [0.1, 0.15) is 17.3 Å². The fourth-order valence-electron chi connectivity index (χ4n) is 3.33. The van der Waals surface area contributed by atoms with Crippen LogP contribution in [0.15, 0.2) is 46.1 Å². The lowest BCUT2D eigenvalue weighted by Crippen LogP contribution is -2.53. The van der Waals surface area contributed by atoms with Crippen LogP contribution >= 0.6 is 15.9 Å². The van der Waals surface area contributed by atoms with Gasteiger partial charge in [-0.25, -0.2) is 8.78 Å². The van der Waals surface area contributed by atoms with Crippen LogP contribution in [0, 0.1) is 11.6 Å². The van der Waals surface area contributed by atoms with Gasteiger partial charge in [-0.3, -0.25) is 9.88 Å². The van der Waals surface area contributed by atoms with E-state index in [4.69, 9.17) is 0 Å². The van der Waals surface area contributed by atoms with E-state index in [1.165, 1.54) is 17.3 Å². The highest BCUT2D eigenvalue weighted by Crippen LogP contribution is 2.47. The molecule has 3 heterocycles. The Kier molecular flexibility index (Phi) is 4.31. The molecule has 0 saturated heterocycles. The molecule has 28 heavy (non-hydrogen) atoms. The average molecular weight is 458 g/mol. The molecule has 0 saturated carbocycles. The first kappa shape index (κ1) is 19.0. The third-order valence-electron chi connectivity index (χ3n) is 4.89. The lowest BCUT2D eigenvalue weighted by Gasteiger charge is -2.37. The predicted octanol–water partition coefficient (Wildman–Crippen LogP) is 3.17. The molecular weight excluding hydrogens is 444 g/mol. The Balaban J connectivity index is 1.81. The lowest BCUT2D eigenvalue weighted by molar-refractivity contribution is -0.479. The topological polar surface area (TPSA) is 51.7 Å². The number of aliphatic hydroxyl groups is 1. The maximum absolute atomic E-state index is 15.5. The molecule has 146 valence electrons. The van der Waals surface area contributed by atoms with Crippen LogP contribution in [0.2, 0.25) is 0 Å². The van der Waals surface area contributed by atoms with E-state index in [-0.39, 0.29) is 6.17 Å². The number of nitrogens with zero attached hydrogens (tertiary/aromatic N) is 4. The molecule has 0 amide bonds. The number of rotatable bonds is 5. The van der Waals surface area contributed by atoms with E-state index in [9.17, 15) is 13.9 Å². The number of halogens is 5. The molecule has 2 aliphatic rings. The van der Waals surface area contributed by atoms with E-state index in [0.717, 1.165) is 30.1 Å². The second kappa shape index (κ2) is 6.35. The Labute approximate surface area is 165 Å². The van der Waals surface area contributed by atoms with Crippen LogP contribution in [-0.2, 0) is 11.5 Å². The van der Waals surface area contributed by atoms with Crippen LogP contribution in [0.25, 0.3) is 0 Å². The molecule has 2 atom stereocenters. The van der Waals surface area contributed by atoms with Crippen molar-refractivity contribution in [3.63, 3.8) is 0 Å². The van der Waals surface area contributed by atoms with E-state index in [1.807, 2.05) is 0 Å². The van der Waals surface area contributed by atoms with Gasteiger partial charge in [-0.1, -0.05) is 0 Å². The van der Waals surface area contributed by atoms with Crippen molar-refractivity contribution in [3.8, 4) is 0 Å². The third kappa shape index (κ3) is 2.82. The SMILES string of the molecule is CC1=[N+]2N=CN(CC(O)(c3ccc(F)cc3F)C(F)(F)c3ccc(Br)cn3)C12. The Morgan fingerprint density at radius 1 is 1.25 bits per heavy atom. The fraction of sp³-hybridized carbons (Fsp3) is 0.278. The number of hydrogen-bond acceptors (Lipinski definition) is 4. The normalized spacial score (nSPS) is 20.4. The van der Waals surface area contributed by atoms with Gasteiger partial charge in [0.2, 0.25) is 0 Å². The van der Waals surface area contributed by atoms with Crippen molar-refractivity contribution >= 4 is 28.0 Å². The van der Waals surface area contributed by atoms with Crippen LogP contribution in [-0.4, -0.2) is 44.4 Å². The smallest absolute Gasteiger partial charge is 0.343 e. The Morgan fingerprint density at radius 3 is 2.57 bits per heavy atom. The van der Waals surface area contributed by atoms with Gasteiger partial charge in [0.05, 0.1) is 6.54 Å². The minimum atomic E-state index is -3.99. The first-order valence-corrected chi connectivity index (χ1v) is 9.05. The quantitative estimate of drug-likeness (QED) is 0.554. The molecule has 0 radical (unpaired) electrons. The van der Waals surface area contributed by atoms with E-state index in [2.05, 4.69) is 26.0 Å². The van der Waals surface area contributed by atoms with Crippen molar-refractivity contribution in [2.75, 3.05) is 6.54 Å². The van der Waals surface area contributed by atoms with E-state index in [0.29, 0.717) is 10.5 Å². The van der Waals surface area contributed by atoms with Crippen molar-refractivity contribution in [2.45, 2.75) is 24.6 Å². The monoisotopic (exact) mass is 457 g/mol. The molecule has 0 fully saturated rings. The number of benzene rings is 1. The third-order valence-corrected chi connectivity index (χ3v) is 5.36. The second-order valence-electron chi connectivity index (χ2n) is 6.68. The molecule has 2 aromatic rings. The fourth-order valence-corrected chi connectivity index (χ4v) is 3.56. The van der Waals surface area contributed by atoms with Gasteiger partial charge < -0.3 is 5.11 Å². The van der Waals surface area contributed by atoms with Crippen LogP contribution in [0.5, 0.6) is 0 Å². The van der Waals surface area contributed by atoms with Gasteiger partial charge in [-0.2, -0.15) is 8.78 Å². The number of β-amino-alcohol motifs (C(OH)–C–C–N with tert-alkyl or cyclic N) is 1. The molecule has 0 aliphatic carbocycles. The Morgan fingerprint density at radius 2 is 2.00 bits per heavy atom. The number of alkyl halides is 2. The number of hydrogen-bond donors (Lipinski definition) is 1. The highest BCUT2D eigenvalue weighted by atomic mass is 79.9. The summed E-state index contributed by atoms with van der Waals surface area (Å²) in [6.07, 6.45) is 2.08. The maximum Gasteiger partial charge on any atom is 0.343 e. The molecule has 1 aromatic heterocycles. The summed E-state index contributed by atoms with van der Waals surface area (Å²) in [4.78, 5) is 5.07. The first-order chi connectivity index (χ1) is 13.1. The van der Waals surface area contributed by atoms with Gasteiger partial charge >= 0.3 is 12.1 Å². The summed E-state index contributed by atoms with van der Waals surface area (Å²) in [6.45, 7) is 1.09. The number of fused-ring (bicyclic) bond motifs is 1. The van der Waals surface area contributed by atoms with Gasteiger partial charge in [-0.15, -0.1) is 0 Å². The summed E-state index contributed by atoms with van der Waals surface area (Å²) in [5.41, 5.74) is -3.69. The summed E-state index contributed by atoms with van der Waals surface area (Å²) in [5, 5.41) is 15.2. The lowest BCUT2D eigenvalue weighted by atomic mass is 9.84. The highest BCUT2D eigenvalue weighted by molar-refractivity contribution is 9.10. The predicted molar refractivity (Wildman–Crippen MR) is 96.0 cm³/mol. The molecular formula is C18H14BrF4N4O+. The standard InChI is InChI=1S/C18H14BrF4N4O/c1-10-16-26(9-25-27(10)16)8-17(28,13-4-3-12(20)6-14(13)21)18(22,23)15-5-2-11(19)7-24-15/h2-7,9,16,28H,8H2,1H3/q+1. The molecule has 10 heteroatoms. The number of pyridine rings is 1. The molecule has 2 unspecified atom stereocenters. The first-order valence-electron chi connectivity index (χ1n) is 8.25. The summed E-state index contributed by atoms with van der Waals surface area (Å²) in [6, 6.07) is 4.49. The minimum Gasteiger partial charge on any atom is -0.377 e. The van der Waals surface area contributed by atoms with Crippen molar-refractivity contribution in [1.29, 1.82) is 0 Å². The molecule has 1 aromatic carbocycles. The molecule has 0 spiro atoms. The van der Waals surface area contributed by atoms with Crippen molar-refractivity contribution in [2.24, 2.45) is 5.10 Å². The van der Waals surface area contributed by atoms with Crippen LogP contribution < -0.4 is 0 Å². The maximum atomic E-state index is 15.5. The molecule has 1 N–H and O–H groups in total. The van der Waals surface area contributed by atoms with Crippen molar-refractivity contribution < 1.29 is 27.4 Å². The summed E-state index contributed by atoms with van der Waals surface area (Å²) >= 11 is 3.11. The second-order valence-corrected chi connectivity index (χ2v) is 7.60. The molecule has 0 bridgehead atoms. The van der Waals surface area contributed by atoms with Gasteiger partial charge in [0.25, 0.3) is 5.71 Å².